The van der Waals surface area contributed by atoms with Gasteiger partial charge in [-0.2, -0.15) is 0 Å². The van der Waals surface area contributed by atoms with Crippen LogP contribution >= 0.6 is 7.68 Å². The van der Waals surface area contributed by atoms with Gasteiger partial charge in [-0.15, -0.1) is 0 Å². The van der Waals surface area contributed by atoms with Gasteiger partial charge >= 0.3 is 107 Å². The summed E-state index contributed by atoms with van der Waals surface area (Å²) in [4.78, 5) is 0. The van der Waals surface area contributed by atoms with Gasteiger partial charge in [0.2, 0.25) is 0 Å². The maximum atomic E-state index is 11.2. The zero-order chi connectivity index (χ0) is 11.7. The molecular weight excluding hydrogens is 357 g/mol. The van der Waals surface area contributed by atoms with Gasteiger partial charge in [-0.25, -0.2) is 0 Å². The maximum absolute atomic E-state index is 11.2. The quantitative estimate of drug-likeness (QED) is 0.526. The predicted octanol–water partition coefficient (Wildman–Crippen LogP) is -2.21. The Morgan fingerprint density at radius 1 is 1.18 bits per heavy atom. The van der Waals surface area contributed by atoms with E-state index < -0.39 is 7.68 Å². The van der Waals surface area contributed by atoms with Crippen LogP contribution in [-0.4, -0.2) is 0 Å². The fraction of sp³-hybridized carbons (Fsp3) is 0.636. The third-order valence-electron chi connectivity index (χ3n) is 2.73. The molecule has 0 heterocycles. The molecule has 0 aliphatic heterocycles. The first-order valence-corrected chi connectivity index (χ1v) is 7.59. The van der Waals surface area contributed by atoms with Crippen LogP contribution in [0, 0.1) is 17.8 Å². The second kappa shape index (κ2) is 8.10. The van der Waals surface area contributed by atoms with Crippen molar-refractivity contribution in [1.82, 2.24) is 0 Å². The fourth-order valence-corrected chi connectivity index (χ4v) is 5.13. The van der Waals surface area contributed by atoms with Crippen LogP contribution in [0.3, 0.4) is 0 Å². The van der Waals surface area contributed by atoms with Crippen LogP contribution in [0.4, 0.5) is 0 Å². The molecule has 1 aliphatic rings. The van der Waals surface area contributed by atoms with Crippen molar-refractivity contribution in [3.05, 3.63) is 20.2 Å². The first kappa shape index (κ1) is 20.2. The summed E-state index contributed by atoms with van der Waals surface area (Å²) in [7, 11) is -2.43. The van der Waals surface area contributed by atoms with Gasteiger partial charge in [0, 0.05) is 0 Å². The van der Waals surface area contributed by atoms with Gasteiger partial charge in [0.15, 0.2) is 0 Å². The Balaban J connectivity index is 0. The number of allylic oxidation sites excluding steroid dienone is 4. The third kappa shape index (κ3) is 4.46. The zero-order valence-electron chi connectivity index (χ0n) is 10.3. The second-order valence-corrected chi connectivity index (χ2v) is 6.88. The zero-order valence-corrected chi connectivity index (χ0v) is 15.2. The molecule has 0 amide bonds. The molecule has 0 radical (unpaired) electrons. The van der Waals surface area contributed by atoms with E-state index in [0.717, 1.165) is 5.57 Å². The SMILES string of the molecule is CC(C)C1=[C]([Zr+2])C(C(C)C)C=C1P(=O)=O.[Cl-].[Cl-]. The maximum Gasteiger partial charge on any atom is -1.00 e. The molecule has 1 atom stereocenters. The van der Waals surface area contributed by atoms with Crippen molar-refractivity contribution in [1.29, 1.82) is 0 Å². The largest absolute Gasteiger partial charge is 1.00 e. The second-order valence-electron chi connectivity index (χ2n) is 4.56. The van der Waals surface area contributed by atoms with Crippen molar-refractivity contribution in [2.45, 2.75) is 27.7 Å². The van der Waals surface area contributed by atoms with Crippen molar-refractivity contribution < 1.29 is 58.7 Å². The van der Waals surface area contributed by atoms with E-state index in [0.29, 0.717) is 23.1 Å². The summed E-state index contributed by atoms with van der Waals surface area (Å²) in [5.41, 5.74) is 1.07. The smallest absolute Gasteiger partial charge is 1.00 e. The van der Waals surface area contributed by atoms with Crippen LogP contribution in [0.5, 0.6) is 0 Å². The monoisotopic (exact) mass is 371 g/mol. The summed E-state index contributed by atoms with van der Waals surface area (Å²) in [5.74, 6) is 1.13. The van der Waals surface area contributed by atoms with Crippen LogP contribution in [0.15, 0.2) is 20.2 Å². The Morgan fingerprint density at radius 3 is 1.88 bits per heavy atom. The van der Waals surface area contributed by atoms with Gasteiger partial charge < -0.3 is 24.8 Å². The minimum absolute atomic E-state index is 0. The van der Waals surface area contributed by atoms with Crippen LogP contribution in [0.2, 0.25) is 0 Å². The van der Waals surface area contributed by atoms with E-state index in [1.165, 1.54) is 28.0 Å². The standard InChI is InChI=1S/C11H16O2P.2ClH.Zr/c1-7(2)9-5-10(8(3)4)11(6-9)14(12)13;;;/h6-9H,1-4H3;2*1H;/q;;;+2/p-2. The van der Waals surface area contributed by atoms with E-state index in [1.54, 1.807) is 0 Å². The first-order chi connectivity index (χ1) is 6.86. The molecular formula is C11H16Cl2O2PZr. The average molecular weight is 373 g/mol. The molecule has 0 saturated carbocycles. The van der Waals surface area contributed by atoms with Gasteiger partial charge in [-0.3, -0.25) is 0 Å². The molecule has 0 bridgehead atoms. The topological polar surface area (TPSA) is 34.1 Å². The number of hydrogen-bond acceptors (Lipinski definition) is 2. The summed E-state index contributed by atoms with van der Waals surface area (Å²) in [5, 5.41) is 0.575. The molecule has 1 unspecified atom stereocenters. The Labute approximate surface area is 131 Å². The van der Waals surface area contributed by atoms with E-state index in [1.807, 2.05) is 6.08 Å². The summed E-state index contributed by atoms with van der Waals surface area (Å²) >= 11 is 1.35. The summed E-state index contributed by atoms with van der Waals surface area (Å²) in [6.07, 6.45) is 1.94. The number of hydrogen-bond donors (Lipinski definition) is 0. The molecule has 0 spiro atoms. The molecule has 17 heavy (non-hydrogen) atoms. The molecule has 0 fully saturated rings. The van der Waals surface area contributed by atoms with Crippen molar-refractivity contribution in [3.8, 4) is 0 Å². The van der Waals surface area contributed by atoms with E-state index in [2.05, 4.69) is 27.7 Å². The van der Waals surface area contributed by atoms with E-state index in [-0.39, 0.29) is 24.8 Å². The molecule has 0 aromatic heterocycles. The van der Waals surface area contributed by atoms with Gasteiger partial charge in [0.05, 0.1) is 0 Å². The van der Waals surface area contributed by atoms with Crippen molar-refractivity contribution in [2.75, 3.05) is 0 Å². The normalized spacial score (nSPS) is 19.1. The molecule has 0 saturated heterocycles. The van der Waals surface area contributed by atoms with Crippen molar-refractivity contribution in [2.24, 2.45) is 17.8 Å². The van der Waals surface area contributed by atoms with Gasteiger partial charge in [-0.1, -0.05) is 0 Å². The van der Waals surface area contributed by atoms with Crippen molar-refractivity contribution in [3.63, 3.8) is 0 Å². The summed E-state index contributed by atoms with van der Waals surface area (Å²) in [6.45, 7) is 8.41. The molecule has 1 aliphatic carbocycles. The molecule has 95 valence electrons. The van der Waals surface area contributed by atoms with Crippen LogP contribution in [0.1, 0.15) is 27.7 Å². The molecule has 0 aromatic rings. The molecule has 0 aromatic carbocycles. The molecule has 2 nitrogen and oxygen atoms in total. The summed E-state index contributed by atoms with van der Waals surface area (Å²) in [6, 6.07) is 0. The average Bonchev–Trinajstić information content (AvgIpc) is 2.42. The van der Waals surface area contributed by atoms with E-state index in [4.69, 9.17) is 0 Å². The predicted molar refractivity (Wildman–Crippen MR) is 56.6 cm³/mol. The molecule has 0 N–H and O–H groups in total. The number of halogens is 2. The molecule has 6 heteroatoms. The first-order valence-electron chi connectivity index (χ1n) is 5.18. The Morgan fingerprint density at radius 2 is 1.65 bits per heavy atom. The van der Waals surface area contributed by atoms with E-state index >= 15 is 0 Å². The number of rotatable bonds is 3. The summed E-state index contributed by atoms with van der Waals surface area (Å²) < 4.78 is 23.7. The van der Waals surface area contributed by atoms with Crippen molar-refractivity contribution >= 4 is 7.68 Å². The van der Waals surface area contributed by atoms with E-state index in [9.17, 15) is 9.13 Å². The Hall–Kier alpha value is 0.843. The van der Waals surface area contributed by atoms with Crippen LogP contribution < -0.4 is 24.8 Å². The fourth-order valence-electron chi connectivity index (χ4n) is 1.95. The minimum Gasteiger partial charge on any atom is -1.00 e. The van der Waals surface area contributed by atoms with Crippen LogP contribution in [0.25, 0.3) is 0 Å². The Kier molecular flexibility index (Phi) is 9.61. The van der Waals surface area contributed by atoms with Gasteiger partial charge in [0.25, 0.3) is 0 Å². The third-order valence-corrected chi connectivity index (χ3v) is 4.99. The Bertz CT molecular complexity index is 390. The minimum atomic E-state index is -2.43. The van der Waals surface area contributed by atoms with Gasteiger partial charge in [0.1, 0.15) is 0 Å². The van der Waals surface area contributed by atoms with Gasteiger partial charge in [-0.05, 0) is 0 Å². The van der Waals surface area contributed by atoms with Crippen LogP contribution in [-0.2, 0) is 33.8 Å². The molecule has 1 rings (SSSR count).